The van der Waals surface area contributed by atoms with Crippen molar-refractivity contribution >= 4 is 23.1 Å². The average Bonchev–Trinajstić information content (AvgIpc) is 2.84. The molecule has 0 bridgehead atoms. The summed E-state index contributed by atoms with van der Waals surface area (Å²) in [6, 6.07) is 0.660. The minimum absolute atomic E-state index is 0.0662. The van der Waals surface area contributed by atoms with Crippen LogP contribution in [0.5, 0.6) is 0 Å². The van der Waals surface area contributed by atoms with E-state index in [9.17, 15) is 0 Å². The number of nitrogens with zero attached hydrogens (tertiary/aromatic N) is 1. The fraction of sp³-hybridized carbons (Fsp3) is 0.750. The van der Waals surface area contributed by atoms with Gasteiger partial charge in [-0.25, -0.2) is 4.98 Å². The second-order valence-corrected chi connectivity index (χ2v) is 6.63. The smallest absolute Gasteiger partial charge is 0.112 e. The predicted molar refractivity (Wildman–Crippen MR) is 73.2 cm³/mol. The Labute approximate surface area is 106 Å². The lowest BCUT2D eigenvalue weighted by Crippen LogP contribution is -2.47. The summed E-state index contributed by atoms with van der Waals surface area (Å²) in [7, 11) is 0. The molecule has 0 spiro atoms. The number of hydrogen-bond acceptors (Lipinski definition) is 4. The molecule has 2 unspecified atom stereocenters. The van der Waals surface area contributed by atoms with Gasteiger partial charge in [0.15, 0.2) is 0 Å². The van der Waals surface area contributed by atoms with Gasteiger partial charge in [-0.05, 0) is 31.9 Å². The van der Waals surface area contributed by atoms with Gasteiger partial charge in [-0.15, -0.1) is 11.3 Å². The van der Waals surface area contributed by atoms with Crippen LogP contribution in [0.1, 0.15) is 38.1 Å². The molecule has 1 fully saturated rings. The lowest BCUT2D eigenvalue weighted by molar-refractivity contribution is 0.303. The van der Waals surface area contributed by atoms with E-state index in [1.807, 2.05) is 6.20 Å². The molecule has 4 heteroatoms. The summed E-state index contributed by atoms with van der Waals surface area (Å²) in [4.78, 5) is 4.47. The average molecular weight is 256 g/mol. The summed E-state index contributed by atoms with van der Waals surface area (Å²) in [6.45, 7) is 4.52. The number of rotatable bonds is 4. The number of aromatic nitrogens is 1. The topological polar surface area (TPSA) is 24.9 Å². The Morgan fingerprint density at radius 1 is 1.62 bits per heavy atom. The molecule has 0 aromatic carbocycles. The van der Waals surface area contributed by atoms with E-state index in [2.05, 4.69) is 41.3 Å². The van der Waals surface area contributed by atoms with Crippen LogP contribution in [0.15, 0.2) is 11.6 Å². The predicted octanol–water partition coefficient (Wildman–Crippen LogP) is 3.25. The summed E-state index contributed by atoms with van der Waals surface area (Å²) < 4.78 is 0. The number of nitrogens with one attached hydrogen (secondary N) is 1. The van der Waals surface area contributed by atoms with Crippen molar-refractivity contribution in [3.63, 3.8) is 0 Å². The highest BCUT2D eigenvalue weighted by Crippen LogP contribution is 2.29. The highest BCUT2D eigenvalue weighted by atomic mass is 32.2. The largest absolute Gasteiger partial charge is 0.302 e. The molecule has 1 aliphatic rings. The molecule has 2 rings (SSSR count). The summed E-state index contributed by atoms with van der Waals surface area (Å²) in [5.74, 6) is 2.58. The maximum atomic E-state index is 4.47. The summed E-state index contributed by atoms with van der Waals surface area (Å²) in [5.41, 5.74) is 0.0662. The first-order valence-corrected chi connectivity index (χ1v) is 8.03. The highest BCUT2D eigenvalue weighted by Gasteiger charge is 2.30. The summed E-state index contributed by atoms with van der Waals surface area (Å²) in [6.07, 6.45) is 5.67. The molecule has 2 nitrogen and oxygen atoms in total. The van der Waals surface area contributed by atoms with Crippen LogP contribution in [0.4, 0.5) is 0 Å². The van der Waals surface area contributed by atoms with E-state index in [-0.39, 0.29) is 5.54 Å². The maximum Gasteiger partial charge on any atom is 0.112 e. The molecule has 2 heterocycles. The molecule has 0 saturated carbocycles. The Balaban J connectivity index is 2.03. The highest BCUT2D eigenvalue weighted by molar-refractivity contribution is 7.99. The first kappa shape index (κ1) is 12.4. The van der Waals surface area contributed by atoms with Crippen molar-refractivity contribution in [2.45, 2.75) is 44.7 Å². The van der Waals surface area contributed by atoms with Gasteiger partial charge in [0, 0.05) is 23.4 Å². The minimum Gasteiger partial charge on any atom is -0.302 e. The fourth-order valence-electron chi connectivity index (χ4n) is 2.12. The molecule has 0 aliphatic carbocycles. The molecule has 1 N–H and O–H groups in total. The van der Waals surface area contributed by atoms with Crippen molar-refractivity contribution in [3.05, 3.63) is 16.6 Å². The molecule has 90 valence electrons. The molecular weight excluding hydrogens is 236 g/mol. The van der Waals surface area contributed by atoms with Crippen LogP contribution in [-0.2, 0) is 5.54 Å². The first-order chi connectivity index (χ1) is 7.74. The van der Waals surface area contributed by atoms with Crippen molar-refractivity contribution in [2.75, 3.05) is 11.5 Å². The second kappa shape index (κ2) is 5.52. The van der Waals surface area contributed by atoms with Gasteiger partial charge < -0.3 is 5.32 Å². The van der Waals surface area contributed by atoms with Gasteiger partial charge in [-0.1, -0.05) is 6.92 Å². The Morgan fingerprint density at radius 3 is 3.06 bits per heavy atom. The third kappa shape index (κ3) is 2.79. The molecule has 16 heavy (non-hydrogen) atoms. The zero-order chi connectivity index (χ0) is 11.4. The molecule has 2 atom stereocenters. The van der Waals surface area contributed by atoms with Crippen molar-refractivity contribution in [2.24, 2.45) is 0 Å². The lowest BCUT2D eigenvalue weighted by atomic mass is 9.97. The standard InChI is InChI=1S/C12H20N2S2/c1-3-12(2,11-13-6-8-16-11)14-10-5-4-7-15-9-10/h6,8,10,14H,3-5,7,9H2,1-2H3. The van der Waals surface area contributed by atoms with Crippen LogP contribution in [-0.4, -0.2) is 22.5 Å². The van der Waals surface area contributed by atoms with Gasteiger partial charge >= 0.3 is 0 Å². The van der Waals surface area contributed by atoms with Crippen LogP contribution in [0, 0.1) is 0 Å². The van der Waals surface area contributed by atoms with Crippen LogP contribution in [0.2, 0.25) is 0 Å². The molecule has 0 amide bonds. The van der Waals surface area contributed by atoms with Crippen LogP contribution in [0.25, 0.3) is 0 Å². The second-order valence-electron chi connectivity index (χ2n) is 4.58. The Hall–Kier alpha value is -0.0600. The normalized spacial score (nSPS) is 25.2. The zero-order valence-corrected chi connectivity index (χ0v) is 11.7. The molecule has 1 aromatic rings. The third-order valence-corrected chi connectivity index (χ3v) is 5.55. The van der Waals surface area contributed by atoms with Crippen LogP contribution >= 0.6 is 23.1 Å². The van der Waals surface area contributed by atoms with Gasteiger partial charge in [-0.2, -0.15) is 11.8 Å². The van der Waals surface area contributed by atoms with Crippen molar-refractivity contribution < 1.29 is 0 Å². The number of thioether (sulfide) groups is 1. The van der Waals surface area contributed by atoms with Gasteiger partial charge in [-0.3, -0.25) is 0 Å². The molecule has 0 radical (unpaired) electrons. The van der Waals surface area contributed by atoms with Crippen molar-refractivity contribution in [1.29, 1.82) is 0 Å². The quantitative estimate of drug-likeness (QED) is 0.895. The molecule has 1 saturated heterocycles. The third-order valence-electron chi connectivity index (χ3n) is 3.29. The summed E-state index contributed by atoms with van der Waals surface area (Å²) >= 11 is 3.83. The van der Waals surface area contributed by atoms with Gasteiger partial charge in [0.25, 0.3) is 0 Å². The SMILES string of the molecule is CCC(C)(NC1CCCSC1)c1nccs1. The van der Waals surface area contributed by atoms with E-state index >= 15 is 0 Å². The summed E-state index contributed by atoms with van der Waals surface area (Å²) in [5, 5.41) is 7.11. The maximum absolute atomic E-state index is 4.47. The van der Waals surface area contributed by atoms with Gasteiger partial charge in [0.05, 0.1) is 5.54 Å². The minimum atomic E-state index is 0.0662. The molecular formula is C12H20N2S2. The molecule has 1 aromatic heterocycles. The Morgan fingerprint density at radius 2 is 2.50 bits per heavy atom. The van der Waals surface area contributed by atoms with E-state index in [0.717, 1.165) is 6.42 Å². The van der Waals surface area contributed by atoms with Gasteiger partial charge in [0.1, 0.15) is 5.01 Å². The monoisotopic (exact) mass is 256 g/mol. The number of hydrogen-bond donors (Lipinski definition) is 1. The number of thiazole rings is 1. The van der Waals surface area contributed by atoms with E-state index in [0.29, 0.717) is 6.04 Å². The van der Waals surface area contributed by atoms with Crippen LogP contribution < -0.4 is 5.32 Å². The van der Waals surface area contributed by atoms with Crippen molar-refractivity contribution in [3.8, 4) is 0 Å². The zero-order valence-electron chi connectivity index (χ0n) is 10.0. The van der Waals surface area contributed by atoms with Crippen molar-refractivity contribution in [1.82, 2.24) is 10.3 Å². The van der Waals surface area contributed by atoms with Crippen LogP contribution in [0.3, 0.4) is 0 Å². The fourth-order valence-corrected chi connectivity index (χ4v) is 4.02. The van der Waals surface area contributed by atoms with E-state index < -0.39 is 0 Å². The molecule has 1 aliphatic heterocycles. The Bertz CT molecular complexity index is 307. The van der Waals surface area contributed by atoms with E-state index in [1.165, 1.54) is 29.4 Å². The lowest BCUT2D eigenvalue weighted by Gasteiger charge is -2.34. The van der Waals surface area contributed by atoms with E-state index in [1.54, 1.807) is 11.3 Å². The van der Waals surface area contributed by atoms with E-state index in [4.69, 9.17) is 0 Å². The van der Waals surface area contributed by atoms with Gasteiger partial charge in [0.2, 0.25) is 0 Å². The first-order valence-electron chi connectivity index (χ1n) is 6.00. The Kier molecular flexibility index (Phi) is 4.27.